The molecule has 45 heavy (non-hydrogen) atoms. The fraction of sp³-hybridized carbons (Fsp3) is 0.727. The van der Waals surface area contributed by atoms with Gasteiger partial charge < -0.3 is 26.0 Å². The summed E-state index contributed by atoms with van der Waals surface area (Å²) in [5.41, 5.74) is 0.457. The van der Waals surface area contributed by atoms with Crippen molar-refractivity contribution in [3.63, 3.8) is 0 Å². The van der Waals surface area contributed by atoms with Gasteiger partial charge in [-0.2, -0.15) is 0 Å². The number of rotatable bonds is 11. The van der Waals surface area contributed by atoms with E-state index in [1.165, 1.54) is 32.8 Å². The van der Waals surface area contributed by atoms with Crippen molar-refractivity contribution in [3.05, 3.63) is 35.9 Å². The minimum Gasteiger partial charge on any atom is -0.390 e. The number of hydrogen-bond donors (Lipinski definition) is 4. The van der Waals surface area contributed by atoms with E-state index in [-0.39, 0.29) is 18.9 Å². The third-order valence-corrected chi connectivity index (χ3v) is 11.5. The van der Waals surface area contributed by atoms with Crippen LogP contribution in [0, 0.1) is 11.8 Å². The van der Waals surface area contributed by atoms with Gasteiger partial charge in [0, 0.05) is 39.0 Å². The van der Waals surface area contributed by atoms with Crippen molar-refractivity contribution in [3.8, 4) is 0 Å². The summed E-state index contributed by atoms with van der Waals surface area (Å²) in [7, 11) is -0.805. The second-order valence-corrected chi connectivity index (χ2v) is 17.4. The van der Waals surface area contributed by atoms with Crippen molar-refractivity contribution in [1.29, 1.82) is 0 Å². The number of nitrogens with zero attached hydrogens (tertiary/aromatic N) is 2. The quantitative estimate of drug-likeness (QED) is 0.288. The third-order valence-electron chi connectivity index (χ3n) is 9.40. The summed E-state index contributed by atoms with van der Waals surface area (Å²) in [5, 5.41) is 20.4. The molecule has 1 aromatic carbocycles. The van der Waals surface area contributed by atoms with Gasteiger partial charge in [0.2, 0.25) is 11.8 Å². The lowest BCUT2D eigenvalue weighted by Gasteiger charge is -2.47. The number of piperidine rings is 1. The highest BCUT2D eigenvalue weighted by Gasteiger charge is 2.46. The fourth-order valence-corrected chi connectivity index (χ4v) is 7.03. The summed E-state index contributed by atoms with van der Waals surface area (Å²) in [6.07, 6.45) is 5.42. The molecule has 1 aliphatic carbocycles. The second-order valence-electron chi connectivity index (χ2n) is 14.8. The van der Waals surface area contributed by atoms with Crippen LogP contribution in [0.3, 0.4) is 0 Å². The SMILES string of the molecule is CN(C)C(=O)N[C@H](C(=O)N[C@@H](Cc1ccccc1)[C@H](O)CN1C[C@H]2CCCC[C@H]2C[C@H]1C(=O)NC(C)(C)C)C(C)(C)S(C)(=O)=O. The largest absolute Gasteiger partial charge is 0.390 e. The molecular formula is C33H55N5O6S. The Kier molecular flexibility index (Phi) is 12.1. The maximum atomic E-state index is 13.9. The Hall–Kier alpha value is -2.70. The summed E-state index contributed by atoms with van der Waals surface area (Å²) in [4.78, 5) is 43.4. The fourth-order valence-electron chi connectivity index (χ4n) is 6.43. The molecule has 3 rings (SSSR count). The number of likely N-dealkylation sites (tertiary alicyclic amines) is 1. The Labute approximate surface area is 269 Å². The number of urea groups is 1. The smallest absolute Gasteiger partial charge is 0.317 e. The standard InChI is InChI=1S/C33H55N5O6S/c1-32(2,3)36-29(40)26-19-23-16-12-13-17-24(23)20-38(26)21-27(39)25(18-22-14-10-9-11-15-22)34-30(41)28(35-31(42)37(6)7)33(4,5)45(8,43)44/h9-11,14-15,23-28,39H,12-13,16-21H2,1-8H3,(H,34,41)(H,35,42)(H,36,40)/t23-,24+,25-,26-,27+,28+/m0/s1. The summed E-state index contributed by atoms with van der Waals surface area (Å²) >= 11 is 0. The molecule has 2 fully saturated rings. The van der Waals surface area contributed by atoms with E-state index in [1.807, 2.05) is 51.1 Å². The number of fused-ring (bicyclic) bond motifs is 1. The maximum absolute atomic E-state index is 13.9. The topological polar surface area (TPSA) is 148 Å². The van der Waals surface area contributed by atoms with Crippen molar-refractivity contribution in [2.45, 2.75) is 108 Å². The lowest BCUT2D eigenvalue weighted by Crippen LogP contribution is -2.64. The maximum Gasteiger partial charge on any atom is 0.317 e. The molecule has 0 spiro atoms. The molecule has 12 heteroatoms. The lowest BCUT2D eigenvalue weighted by atomic mass is 9.72. The number of hydrogen-bond acceptors (Lipinski definition) is 7. The monoisotopic (exact) mass is 649 g/mol. The van der Waals surface area contributed by atoms with Crippen molar-refractivity contribution >= 4 is 27.7 Å². The number of benzene rings is 1. The number of sulfone groups is 1. The predicted molar refractivity (Wildman–Crippen MR) is 176 cm³/mol. The molecule has 1 saturated carbocycles. The summed E-state index contributed by atoms with van der Waals surface area (Å²) in [6, 6.07) is 6.11. The number of aliphatic hydroxyl groups excluding tert-OH is 1. The number of aliphatic hydroxyl groups is 1. The van der Waals surface area contributed by atoms with Gasteiger partial charge in [0.15, 0.2) is 9.84 Å². The van der Waals surface area contributed by atoms with Crippen LogP contribution >= 0.6 is 0 Å². The molecule has 1 aromatic rings. The zero-order valence-corrected chi connectivity index (χ0v) is 29.1. The van der Waals surface area contributed by atoms with Crippen molar-refractivity contribution in [2.24, 2.45) is 11.8 Å². The Bertz CT molecular complexity index is 1280. The first-order valence-corrected chi connectivity index (χ1v) is 17.9. The van der Waals surface area contributed by atoms with Crippen molar-refractivity contribution in [1.82, 2.24) is 25.8 Å². The molecule has 0 radical (unpaired) electrons. The molecule has 0 unspecified atom stereocenters. The van der Waals surface area contributed by atoms with Crippen LogP contribution in [-0.2, 0) is 25.8 Å². The first-order chi connectivity index (χ1) is 20.8. The van der Waals surface area contributed by atoms with E-state index in [2.05, 4.69) is 20.9 Å². The van der Waals surface area contributed by atoms with Gasteiger partial charge in [-0.3, -0.25) is 14.5 Å². The average molecular weight is 650 g/mol. The first-order valence-electron chi connectivity index (χ1n) is 16.1. The van der Waals surface area contributed by atoms with E-state index in [1.54, 1.807) is 0 Å². The minimum absolute atomic E-state index is 0.0660. The van der Waals surface area contributed by atoms with Crippen molar-refractivity contribution in [2.75, 3.05) is 33.4 Å². The Morgan fingerprint density at radius 2 is 1.60 bits per heavy atom. The van der Waals surface area contributed by atoms with Gasteiger partial charge in [-0.15, -0.1) is 0 Å². The zero-order chi connectivity index (χ0) is 33.7. The summed E-state index contributed by atoms with van der Waals surface area (Å²) in [6.45, 7) is 9.48. The normalized spacial score (nSPS) is 23.2. The summed E-state index contributed by atoms with van der Waals surface area (Å²) in [5.74, 6) is 0.118. The summed E-state index contributed by atoms with van der Waals surface area (Å²) < 4.78 is 23.9. The molecular weight excluding hydrogens is 594 g/mol. The average Bonchev–Trinajstić information content (AvgIpc) is 2.93. The molecule has 1 heterocycles. The number of amides is 4. The minimum atomic E-state index is -3.81. The molecule has 4 amide bonds. The van der Waals surface area contributed by atoms with Gasteiger partial charge in [0.05, 0.1) is 22.9 Å². The zero-order valence-electron chi connectivity index (χ0n) is 28.3. The Morgan fingerprint density at radius 3 is 2.16 bits per heavy atom. The van der Waals surface area contributed by atoms with Gasteiger partial charge in [0.25, 0.3) is 0 Å². The number of nitrogens with one attached hydrogen (secondary N) is 3. The first kappa shape index (κ1) is 36.8. The van der Waals surface area contributed by atoms with Gasteiger partial charge in [-0.25, -0.2) is 13.2 Å². The van der Waals surface area contributed by atoms with Gasteiger partial charge in [-0.1, -0.05) is 49.6 Å². The molecule has 1 saturated heterocycles. The highest BCUT2D eigenvalue weighted by atomic mass is 32.2. The van der Waals surface area contributed by atoms with Crippen LogP contribution in [0.25, 0.3) is 0 Å². The van der Waals surface area contributed by atoms with E-state index in [4.69, 9.17) is 0 Å². The van der Waals surface area contributed by atoms with Gasteiger partial charge in [-0.05, 0) is 71.3 Å². The van der Waals surface area contributed by atoms with Crippen LogP contribution in [-0.4, -0.2) is 109 Å². The van der Waals surface area contributed by atoms with Crippen LogP contribution in [0.4, 0.5) is 4.79 Å². The molecule has 11 nitrogen and oxygen atoms in total. The number of carbonyl (C=O) groups excluding carboxylic acids is 3. The molecule has 2 aliphatic rings. The highest BCUT2D eigenvalue weighted by Crippen LogP contribution is 2.39. The van der Waals surface area contributed by atoms with E-state index < -0.39 is 56.3 Å². The third kappa shape index (κ3) is 9.89. The number of β-amino-alcohol motifs (C(OH)–C–C–N with tert-alkyl or cyclic N) is 1. The van der Waals surface area contributed by atoms with E-state index >= 15 is 0 Å². The molecule has 0 bridgehead atoms. The molecule has 1 aliphatic heterocycles. The van der Waals surface area contributed by atoms with Crippen LogP contribution in [0.1, 0.15) is 72.3 Å². The highest BCUT2D eigenvalue weighted by molar-refractivity contribution is 7.92. The van der Waals surface area contributed by atoms with Crippen LogP contribution in [0.5, 0.6) is 0 Å². The van der Waals surface area contributed by atoms with Crippen LogP contribution in [0.15, 0.2) is 30.3 Å². The Morgan fingerprint density at radius 1 is 1.00 bits per heavy atom. The van der Waals surface area contributed by atoms with E-state index in [0.29, 0.717) is 18.4 Å². The van der Waals surface area contributed by atoms with Gasteiger partial charge in [0.1, 0.15) is 6.04 Å². The molecule has 6 atom stereocenters. The molecule has 0 aromatic heterocycles. The molecule has 4 N–H and O–H groups in total. The van der Waals surface area contributed by atoms with Crippen molar-refractivity contribution < 1.29 is 27.9 Å². The van der Waals surface area contributed by atoms with E-state index in [9.17, 15) is 27.9 Å². The number of carbonyl (C=O) groups is 3. The van der Waals surface area contributed by atoms with Crippen LogP contribution < -0.4 is 16.0 Å². The van der Waals surface area contributed by atoms with Gasteiger partial charge >= 0.3 is 6.03 Å². The predicted octanol–water partition coefficient (Wildman–Crippen LogP) is 2.33. The second kappa shape index (κ2) is 14.8. The van der Waals surface area contributed by atoms with Crippen LogP contribution in [0.2, 0.25) is 0 Å². The van der Waals surface area contributed by atoms with E-state index in [0.717, 1.165) is 43.9 Å². The lowest BCUT2D eigenvalue weighted by molar-refractivity contribution is -0.133. The molecule has 254 valence electrons. The Balaban J connectivity index is 1.92.